The second kappa shape index (κ2) is 7.75. The number of nitrogens with one attached hydrogen (secondary N) is 1. The van der Waals surface area contributed by atoms with Crippen molar-refractivity contribution < 1.29 is 0 Å². The van der Waals surface area contributed by atoms with Crippen LogP contribution in [0, 0.1) is 0 Å². The van der Waals surface area contributed by atoms with Gasteiger partial charge in [0.15, 0.2) is 0 Å². The quantitative estimate of drug-likeness (QED) is 0.310. The number of benzene rings is 5. The molecule has 0 saturated heterocycles. The number of hydrogen-bond donors (Lipinski definition) is 1. The van der Waals surface area contributed by atoms with Crippen LogP contribution in [-0.2, 0) is 0 Å². The van der Waals surface area contributed by atoms with E-state index in [0.717, 1.165) is 11.4 Å². The van der Waals surface area contributed by atoms with E-state index in [4.69, 9.17) is 0 Å². The van der Waals surface area contributed by atoms with Crippen molar-refractivity contribution in [2.75, 3.05) is 5.32 Å². The zero-order valence-electron chi connectivity index (χ0n) is 17.6. The van der Waals surface area contributed by atoms with Crippen molar-refractivity contribution >= 4 is 33.2 Å². The zero-order valence-corrected chi connectivity index (χ0v) is 17.6. The Morgan fingerprint density at radius 2 is 1.06 bits per heavy atom. The van der Waals surface area contributed by atoms with Crippen molar-refractivity contribution in [3.05, 3.63) is 127 Å². The van der Waals surface area contributed by atoms with Gasteiger partial charge in [-0.3, -0.25) is 0 Å². The van der Waals surface area contributed by atoms with Crippen molar-refractivity contribution in [3.63, 3.8) is 0 Å². The lowest BCUT2D eigenvalue weighted by atomic mass is 10.1. The van der Waals surface area contributed by atoms with E-state index in [-0.39, 0.29) is 0 Å². The average Bonchev–Trinajstić information content (AvgIpc) is 3.19. The fourth-order valence-electron chi connectivity index (χ4n) is 4.45. The Bertz CT molecular complexity index is 1510. The normalized spacial score (nSPS) is 11.1. The lowest BCUT2D eigenvalue weighted by Crippen LogP contribution is -1.94. The minimum atomic E-state index is 1.09. The van der Waals surface area contributed by atoms with Gasteiger partial charge in [-0.25, -0.2) is 0 Å². The van der Waals surface area contributed by atoms with Crippen LogP contribution in [0.25, 0.3) is 38.6 Å². The van der Waals surface area contributed by atoms with Crippen LogP contribution in [-0.4, -0.2) is 4.57 Å². The first-order valence-corrected chi connectivity index (χ1v) is 10.9. The Hall–Kier alpha value is -4.30. The van der Waals surface area contributed by atoms with Crippen LogP contribution >= 0.6 is 0 Å². The molecule has 0 atom stereocenters. The summed E-state index contributed by atoms with van der Waals surface area (Å²) in [6, 6.07) is 44.9. The second-order valence-corrected chi connectivity index (χ2v) is 7.99. The van der Waals surface area contributed by atoms with E-state index in [1.54, 1.807) is 0 Å². The average molecular weight is 411 g/mol. The smallest absolute Gasteiger partial charge is 0.0542 e. The van der Waals surface area contributed by atoms with Gasteiger partial charge in [0, 0.05) is 27.8 Å². The number of nitrogens with zero attached hydrogens (tertiary/aromatic N) is 1. The molecule has 0 fully saturated rings. The molecule has 0 radical (unpaired) electrons. The van der Waals surface area contributed by atoms with E-state index < -0.39 is 0 Å². The van der Waals surface area contributed by atoms with Gasteiger partial charge in [0.2, 0.25) is 0 Å². The summed E-state index contributed by atoms with van der Waals surface area (Å²) in [4.78, 5) is 0. The first-order valence-electron chi connectivity index (χ1n) is 10.9. The van der Waals surface area contributed by atoms with Crippen molar-refractivity contribution in [2.24, 2.45) is 0 Å². The summed E-state index contributed by atoms with van der Waals surface area (Å²) in [6.45, 7) is 0. The van der Waals surface area contributed by atoms with Crippen molar-refractivity contribution in [2.45, 2.75) is 0 Å². The molecule has 0 saturated carbocycles. The highest BCUT2D eigenvalue weighted by atomic mass is 15.0. The van der Waals surface area contributed by atoms with Crippen molar-refractivity contribution in [3.8, 4) is 16.8 Å². The number of rotatable bonds is 4. The molecule has 5 aromatic carbocycles. The maximum atomic E-state index is 3.53. The molecule has 32 heavy (non-hydrogen) atoms. The van der Waals surface area contributed by atoms with Crippen LogP contribution in [0.15, 0.2) is 127 Å². The minimum Gasteiger partial charge on any atom is -0.356 e. The summed E-state index contributed by atoms with van der Waals surface area (Å²) in [5.41, 5.74) is 8.23. The Labute approximate surface area is 187 Å². The predicted molar refractivity (Wildman–Crippen MR) is 136 cm³/mol. The third-order valence-corrected chi connectivity index (χ3v) is 5.97. The minimum absolute atomic E-state index is 1.09. The lowest BCUT2D eigenvalue weighted by molar-refractivity contribution is 1.18. The van der Waals surface area contributed by atoms with Crippen LogP contribution in [0.3, 0.4) is 0 Å². The van der Waals surface area contributed by atoms with Crippen LogP contribution in [0.5, 0.6) is 0 Å². The standard InChI is InChI=1S/C30H22N2/c1-3-9-22(10-4-1)23-15-18-26(19-16-23)32-29-14-8-7-13-27(29)28-21-25(17-20-30(28)32)31-24-11-5-2-6-12-24/h1-21,31H. The Morgan fingerprint density at radius 3 is 1.84 bits per heavy atom. The van der Waals surface area contributed by atoms with E-state index in [1.165, 1.54) is 38.6 Å². The van der Waals surface area contributed by atoms with Crippen molar-refractivity contribution in [1.82, 2.24) is 4.57 Å². The zero-order chi connectivity index (χ0) is 21.3. The van der Waals surface area contributed by atoms with Crippen LogP contribution in [0.1, 0.15) is 0 Å². The molecule has 0 bridgehead atoms. The van der Waals surface area contributed by atoms with E-state index >= 15 is 0 Å². The largest absolute Gasteiger partial charge is 0.356 e. The highest BCUT2D eigenvalue weighted by Gasteiger charge is 2.12. The predicted octanol–water partition coefficient (Wildman–Crippen LogP) is 8.19. The molecule has 1 heterocycles. The third-order valence-electron chi connectivity index (χ3n) is 5.97. The molecule has 2 heteroatoms. The summed E-state index contributed by atoms with van der Waals surface area (Å²) in [6.07, 6.45) is 0. The molecule has 1 N–H and O–H groups in total. The first kappa shape index (κ1) is 18.5. The monoisotopic (exact) mass is 410 g/mol. The maximum absolute atomic E-state index is 3.53. The van der Waals surface area contributed by atoms with E-state index in [1.807, 2.05) is 18.2 Å². The third kappa shape index (κ3) is 3.23. The van der Waals surface area contributed by atoms with Gasteiger partial charge in [0.25, 0.3) is 0 Å². The summed E-state index contributed by atoms with van der Waals surface area (Å²) in [5.74, 6) is 0. The molecule has 0 unspecified atom stereocenters. The van der Waals surface area contributed by atoms with Gasteiger partial charge in [0.1, 0.15) is 0 Å². The molecule has 6 aromatic rings. The Kier molecular flexibility index (Phi) is 4.47. The van der Waals surface area contributed by atoms with E-state index in [0.29, 0.717) is 0 Å². The van der Waals surface area contributed by atoms with Crippen LogP contribution in [0.2, 0.25) is 0 Å². The van der Waals surface area contributed by atoms with Crippen molar-refractivity contribution in [1.29, 1.82) is 0 Å². The second-order valence-electron chi connectivity index (χ2n) is 7.99. The highest BCUT2D eigenvalue weighted by molar-refractivity contribution is 6.10. The van der Waals surface area contributed by atoms with Gasteiger partial charge in [-0.2, -0.15) is 0 Å². The molecule has 2 nitrogen and oxygen atoms in total. The number of para-hydroxylation sites is 2. The summed E-state index contributed by atoms with van der Waals surface area (Å²) >= 11 is 0. The first-order chi connectivity index (χ1) is 15.9. The molecule has 0 spiro atoms. The number of hydrogen-bond acceptors (Lipinski definition) is 1. The molecular formula is C30H22N2. The van der Waals surface area contributed by atoms with Gasteiger partial charge in [-0.15, -0.1) is 0 Å². The number of anilines is 2. The van der Waals surface area contributed by atoms with Gasteiger partial charge in [-0.05, 0) is 59.7 Å². The molecule has 1 aromatic heterocycles. The molecule has 0 aliphatic heterocycles. The van der Waals surface area contributed by atoms with Gasteiger partial charge >= 0.3 is 0 Å². The van der Waals surface area contributed by atoms with Gasteiger partial charge in [0.05, 0.1) is 11.0 Å². The summed E-state index contributed by atoms with van der Waals surface area (Å²) < 4.78 is 2.35. The molecule has 0 aliphatic carbocycles. The molecule has 0 amide bonds. The van der Waals surface area contributed by atoms with Gasteiger partial charge < -0.3 is 9.88 Å². The number of aromatic nitrogens is 1. The fraction of sp³-hybridized carbons (Fsp3) is 0. The maximum Gasteiger partial charge on any atom is 0.0542 e. The molecule has 152 valence electrons. The highest BCUT2D eigenvalue weighted by Crippen LogP contribution is 2.34. The Balaban J connectivity index is 1.47. The number of fused-ring (bicyclic) bond motifs is 3. The molecule has 0 aliphatic rings. The van der Waals surface area contributed by atoms with E-state index in [9.17, 15) is 0 Å². The topological polar surface area (TPSA) is 17.0 Å². The van der Waals surface area contributed by atoms with Crippen LogP contribution < -0.4 is 5.32 Å². The summed E-state index contributed by atoms with van der Waals surface area (Å²) in [7, 11) is 0. The van der Waals surface area contributed by atoms with E-state index in [2.05, 4.69) is 119 Å². The van der Waals surface area contributed by atoms with Crippen LogP contribution in [0.4, 0.5) is 11.4 Å². The SMILES string of the molecule is c1ccc(Nc2ccc3c(c2)c2ccccc2n3-c2ccc(-c3ccccc3)cc2)cc1. The molecule has 6 rings (SSSR count). The van der Waals surface area contributed by atoms with Gasteiger partial charge in [-0.1, -0.05) is 78.9 Å². The Morgan fingerprint density at radius 1 is 0.438 bits per heavy atom. The fourth-order valence-corrected chi connectivity index (χ4v) is 4.45. The molecular weight excluding hydrogens is 388 g/mol. The lowest BCUT2D eigenvalue weighted by Gasteiger charge is -2.10. The summed E-state index contributed by atoms with van der Waals surface area (Å²) in [5, 5.41) is 6.03.